The van der Waals surface area contributed by atoms with Crippen molar-refractivity contribution in [3.05, 3.63) is 64.5 Å². The van der Waals surface area contributed by atoms with E-state index in [9.17, 15) is 0 Å². The first-order valence-corrected chi connectivity index (χ1v) is 13.0. The van der Waals surface area contributed by atoms with E-state index in [0.717, 1.165) is 25.9 Å². The van der Waals surface area contributed by atoms with Crippen LogP contribution in [0.5, 0.6) is 0 Å². The number of hydrogen-bond donors (Lipinski definition) is 3. The molecule has 3 heterocycles. The Bertz CT molecular complexity index is 1150. The quantitative estimate of drug-likeness (QED) is 0.493. The van der Waals surface area contributed by atoms with Crippen molar-refractivity contribution in [3.63, 3.8) is 0 Å². The highest BCUT2D eigenvalue weighted by atomic mass is 19.1. The third kappa shape index (κ3) is 5.79. The fourth-order valence-corrected chi connectivity index (χ4v) is 5.15. The summed E-state index contributed by atoms with van der Waals surface area (Å²) in [4.78, 5) is 11.6. The Morgan fingerprint density at radius 3 is 2.65 bits per heavy atom. The number of allylic oxidation sites excluding steroid dienone is 3. The summed E-state index contributed by atoms with van der Waals surface area (Å²) in [5.41, 5.74) is 3.02. The zero-order chi connectivity index (χ0) is 25.8. The maximum absolute atomic E-state index is 15.2. The van der Waals surface area contributed by atoms with Gasteiger partial charge in [0, 0.05) is 66.9 Å². The van der Waals surface area contributed by atoms with Gasteiger partial charge in [-0.05, 0) is 43.6 Å². The molecule has 1 aromatic rings. The first kappa shape index (κ1) is 25.6. The average molecular weight is 509 g/mol. The lowest BCUT2D eigenvalue weighted by Crippen LogP contribution is -2.38. The van der Waals surface area contributed by atoms with Crippen LogP contribution >= 0.6 is 0 Å². The Morgan fingerprint density at radius 2 is 1.95 bits per heavy atom. The molecule has 1 aliphatic carbocycles. The van der Waals surface area contributed by atoms with E-state index in [2.05, 4.69) is 17.6 Å². The molecule has 196 valence electrons. The monoisotopic (exact) mass is 508 g/mol. The summed E-state index contributed by atoms with van der Waals surface area (Å²) in [7, 11) is 0. The van der Waals surface area contributed by atoms with Gasteiger partial charge in [0.15, 0.2) is 0 Å². The van der Waals surface area contributed by atoms with Crippen LogP contribution in [0, 0.1) is 23.0 Å². The van der Waals surface area contributed by atoms with E-state index < -0.39 is 11.6 Å². The van der Waals surface area contributed by atoms with Gasteiger partial charge in [0.1, 0.15) is 11.6 Å². The number of ether oxygens (including phenoxy) is 1. The lowest BCUT2D eigenvalue weighted by atomic mass is 9.86. The minimum absolute atomic E-state index is 0.0739. The Balaban J connectivity index is 1.45. The van der Waals surface area contributed by atoms with E-state index in [-0.39, 0.29) is 24.1 Å². The summed E-state index contributed by atoms with van der Waals surface area (Å²) in [5, 5.41) is 14.7. The van der Waals surface area contributed by atoms with Crippen LogP contribution in [0.25, 0.3) is 5.57 Å². The molecule has 2 atom stereocenters. The van der Waals surface area contributed by atoms with E-state index >= 15 is 8.78 Å². The molecule has 37 heavy (non-hydrogen) atoms. The molecule has 3 N–H and O–H groups in total. The summed E-state index contributed by atoms with van der Waals surface area (Å²) in [6.07, 6.45) is 10.7. The first-order chi connectivity index (χ1) is 18.0. The number of hydrogen-bond acceptors (Lipinski definition) is 7. The van der Waals surface area contributed by atoms with Gasteiger partial charge in [-0.3, -0.25) is 9.89 Å². The van der Waals surface area contributed by atoms with Crippen molar-refractivity contribution in [2.45, 2.75) is 38.4 Å². The third-order valence-corrected chi connectivity index (χ3v) is 7.42. The van der Waals surface area contributed by atoms with E-state index in [1.54, 1.807) is 6.21 Å². The summed E-state index contributed by atoms with van der Waals surface area (Å²) < 4.78 is 35.7. The fourth-order valence-electron chi connectivity index (χ4n) is 5.15. The van der Waals surface area contributed by atoms with Crippen LogP contribution in [-0.2, 0) is 11.3 Å². The largest absolute Gasteiger partial charge is 0.387 e. The number of piperidine rings is 1. The third-order valence-electron chi connectivity index (χ3n) is 7.42. The molecule has 0 amide bonds. The Kier molecular flexibility index (Phi) is 8.02. The number of halogens is 2. The second kappa shape index (κ2) is 11.6. The predicted octanol–water partition coefficient (Wildman–Crippen LogP) is 3.48. The molecular weight excluding hydrogens is 474 g/mol. The number of nitrogens with one attached hydrogen (secondary N) is 3. The second-order valence-corrected chi connectivity index (χ2v) is 9.98. The van der Waals surface area contributed by atoms with Crippen molar-refractivity contribution >= 4 is 23.7 Å². The van der Waals surface area contributed by atoms with Crippen molar-refractivity contribution in [2.75, 3.05) is 39.4 Å². The molecule has 7 nitrogen and oxygen atoms in total. The summed E-state index contributed by atoms with van der Waals surface area (Å²) >= 11 is 0. The van der Waals surface area contributed by atoms with Crippen LogP contribution in [0.1, 0.15) is 30.9 Å². The van der Waals surface area contributed by atoms with Crippen LogP contribution in [0.15, 0.2) is 51.7 Å². The summed E-state index contributed by atoms with van der Waals surface area (Å²) in [6.45, 7) is 6.65. The highest BCUT2D eigenvalue weighted by Gasteiger charge is 2.30. The molecule has 0 radical (unpaired) electrons. The van der Waals surface area contributed by atoms with Gasteiger partial charge in [-0.1, -0.05) is 19.1 Å². The SMILES string of the molecule is CC1C=CC(c2cc(F)c(CN3CCOCC3)c(F)c2)=C2N=C(/C(C=N)=C/NC3CCNCC3)C=NC21. The van der Waals surface area contributed by atoms with E-state index in [1.165, 1.54) is 18.3 Å². The number of morpholine rings is 1. The van der Waals surface area contributed by atoms with Crippen LogP contribution in [0.2, 0.25) is 0 Å². The fraction of sp³-hybridized carbons (Fsp3) is 0.464. The molecule has 0 saturated carbocycles. The number of nitrogens with zero attached hydrogens (tertiary/aromatic N) is 3. The van der Waals surface area contributed by atoms with Crippen molar-refractivity contribution in [1.29, 1.82) is 5.41 Å². The minimum Gasteiger partial charge on any atom is -0.387 e. The van der Waals surface area contributed by atoms with Crippen LogP contribution in [-0.4, -0.2) is 74.5 Å². The molecule has 0 bridgehead atoms. The number of benzene rings is 1. The van der Waals surface area contributed by atoms with Crippen LogP contribution in [0.4, 0.5) is 8.78 Å². The first-order valence-electron chi connectivity index (χ1n) is 13.0. The molecule has 3 aliphatic heterocycles. The standard InChI is InChI=1S/C28H34F2N6O/c1-18-2-3-22(19-12-24(29)23(25(30)13-19)17-36-8-10-37-11-9-36)28-27(18)34-16-26(35-28)20(14-31)15-33-21-4-6-32-7-5-21/h2-3,12-16,18,21,27,31-33H,4-11,17H2,1H3/b20-15+,31-14?. The van der Waals surface area contributed by atoms with E-state index in [1.807, 2.05) is 23.3 Å². The number of fused-ring (bicyclic) bond motifs is 1. The van der Waals surface area contributed by atoms with Gasteiger partial charge in [-0.25, -0.2) is 13.8 Å². The molecular formula is C28H34F2N6O. The second-order valence-electron chi connectivity index (χ2n) is 9.98. The molecule has 4 aliphatic rings. The predicted molar refractivity (Wildman–Crippen MR) is 143 cm³/mol. The number of rotatable bonds is 7. The average Bonchev–Trinajstić information content (AvgIpc) is 2.92. The molecule has 1 aromatic carbocycles. The summed E-state index contributed by atoms with van der Waals surface area (Å²) in [5.74, 6) is -1.03. The number of aliphatic imine (C=N–C) groups is 2. The van der Waals surface area contributed by atoms with Gasteiger partial charge in [-0.2, -0.15) is 0 Å². The zero-order valence-electron chi connectivity index (χ0n) is 21.1. The molecule has 5 rings (SSSR count). The van der Waals surface area contributed by atoms with Gasteiger partial charge in [0.25, 0.3) is 0 Å². The van der Waals surface area contributed by atoms with Crippen LogP contribution < -0.4 is 10.6 Å². The van der Waals surface area contributed by atoms with Crippen molar-refractivity contribution in [3.8, 4) is 0 Å². The molecule has 2 saturated heterocycles. The Morgan fingerprint density at radius 1 is 1.22 bits per heavy atom. The van der Waals surface area contributed by atoms with Gasteiger partial charge >= 0.3 is 0 Å². The lowest BCUT2D eigenvalue weighted by molar-refractivity contribution is 0.0332. The van der Waals surface area contributed by atoms with E-state index in [4.69, 9.17) is 20.1 Å². The lowest BCUT2D eigenvalue weighted by Gasteiger charge is -2.29. The van der Waals surface area contributed by atoms with Crippen molar-refractivity contribution in [1.82, 2.24) is 15.5 Å². The molecule has 0 aromatic heterocycles. The zero-order valence-corrected chi connectivity index (χ0v) is 21.1. The van der Waals surface area contributed by atoms with Gasteiger partial charge < -0.3 is 20.8 Å². The Hall–Kier alpha value is -3.01. The van der Waals surface area contributed by atoms with Crippen molar-refractivity contribution < 1.29 is 13.5 Å². The van der Waals surface area contributed by atoms with Crippen LogP contribution in [0.3, 0.4) is 0 Å². The topological polar surface area (TPSA) is 85.1 Å². The van der Waals surface area contributed by atoms with Gasteiger partial charge in [0.05, 0.1) is 30.7 Å². The molecule has 0 spiro atoms. The van der Waals surface area contributed by atoms with Crippen molar-refractivity contribution in [2.24, 2.45) is 15.9 Å². The molecule has 2 fully saturated rings. The van der Waals surface area contributed by atoms with E-state index in [0.29, 0.717) is 60.5 Å². The normalized spacial score (nSPS) is 25.2. The molecule has 9 heteroatoms. The highest BCUT2D eigenvalue weighted by Crippen LogP contribution is 2.36. The van der Waals surface area contributed by atoms with Gasteiger partial charge in [-0.15, -0.1) is 0 Å². The maximum Gasteiger partial charge on any atom is 0.131 e. The molecule has 2 unspecified atom stereocenters. The highest BCUT2D eigenvalue weighted by molar-refractivity contribution is 6.44. The van der Waals surface area contributed by atoms with Gasteiger partial charge in [0.2, 0.25) is 0 Å². The Labute approximate surface area is 216 Å². The minimum atomic E-state index is -0.562. The summed E-state index contributed by atoms with van der Waals surface area (Å²) in [6, 6.07) is 2.91. The smallest absolute Gasteiger partial charge is 0.131 e. The maximum atomic E-state index is 15.2.